The number of nitrogens with one attached hydrogen (secondary N) is 1. The number of nitrogens with zero attached hydrogens (tertiary/aromatic N) is 2. The number of carbonyl (C=O) groups is 1. The van der Waals surface area contributed by atoms with Crippen LogP contribution in [0.1, 0.15) is 25.1 Å². The van der Waals surface area contributed by atoms with Crippen molar-refractivity contribution in [2.45, 2.75) is 26.3 Å². The molecule has 110 valence electrons. The third-order valence-electron chi connectivity index (χ3n) is 3.05. The number of amides is 1. The zero-order valence-corrected chi connectivity index (χ0v) is 12.6. The fourth-order valence-electron chi connectivity index (χ4n) is 1.97. The van der Waals surface area contributed by atoms with Crippen molar-refractivity contribution in [1.82, 2.24) is 9.78 Å². The standard InChI is InChI=1S/C15H16ClN3O2/c1-3-13(19-14(20)9-4-10(2)18-19)15(21)17-12-7-5-11(16)6-8-12/h4-9,13H,3H2,1-2H3,(H,17,21)/t13-/m1/s1. The second kappa shape index (κ2) is 6.54. The van der Waals surface area contributed by atoms with E-state index in [9.17, 15) is 9.59 Å². The Kier molecular flexibility index (Phi) is 4.75. The molecule has 0 saturated heterocycles. The molecule has 0 bridgehead atoms. The van der Waals surface area contributed by atoms with Gasteiger partial charge in [0, 0.05) is 16.8 Å². The molecular formula is C15H16ClN3O2. The molecule has 21 heavy (non-hydrogen) atoms. The SMILES string of the molecule is CC[C@H](C(=O)Nc1ccc(Cl)cc1)n1nc(C)ccc1=O. The van der Waals surface area contributed by atoms with E-state index in [4.69, 9.17) is 11.6 Å². The minimum Gasteiger partial charge on any atom is -0.324 e. The van der Waals surface area contributed by atoms with Crippen LogP contribution in [0.3, 0.4) is 0 Å². The van der Waals surface area contributed by atoms with Crippen LogP contribution in [0.15, 0.2) is 41.2 Å². The van der Waals surface area contributed by atoms with Crippen LogP contribution in [-0.2, 0) is 4.79 Å². The molecule has 0 saturated carbocycles. The van der Waals surface area contributed by atoms with E-state index in [1.807, 2.05) is 6.92 Å². The maximum atomic E-state index is 12.3. The Balaban J connectivity index is 2.24. The number of hydrogen-bond acceptors (Lipinski definition) is 3. The van der Waals surface area contributed by atoms with Crippen molar-refractivity contribution < 1.29 is 4.79 Å². The van der Waals surface area contributed by atoms with Gasteiger partial charge in [0.25, 0.3) is 5.56 Å². The summed E-state index contributed by atoms with van der Waals surface area (Å²) in [5, 5.41) is 7.51. The molecule has 0 unspecified atom stereocenters. The number of rotatable bonds is 4. The van der Waals surface area contributed by atoms with Crippen molar-refractivity contribution in [2.24, 2.45) is 0 Å². The maximum Gasteiger partial charge on any atom is 0.267 e. The van der Waals surface area contributed by atoms with Gasteiger partial charge in [0.15, 0.2) is 0 Å². The number of carbonyl (C=O) groups excluding carboxylic acids is 1. The van der Waals surface area contributed by atoms with Crippen molar-refractivity contribution in [3.63, 3.8) is 0 Å². The Hall–Kier alpha value is -2.14. The first-order chi connectivity index (χ1) is 10.0. The lowest BCUT2D eigenvalue weighted by Gasteiger charge is -2.17. The van der Waals surface area contributed by atoms with E-state index in [2.05, 4.69) is 10.4 Å². The summed E-state index contributed by atoms with van der Waals surface area (Å²) in [4.78, 5) is 24.2. The summed E-state index contributed by atoms with van der Waals surface area (Å²) < 4.78 is 1.22. The van der Waals surface area contributed by atoms with E-state index >= 15 is 0 Å². The summed E-state index contributed by atoms with van der Waals surface area (Å²) in [7, 11) is 0. The maximum absolute atomic E-state index is 12.3. The van der Waals surface area contributed by atoms with Gasteiger partial charge in [-0.2, -0.15) is 5.10 Å². The van der Waals surface area contributed by atoms with Crippen LogP contribution in [0.4, 0.5) is 5.69 Å². The van der Waals surface area contributed by atoms with Crippen LogP contribution in [-0.4, -0.2) is 15.7 Å². The molecule has 0 aliphatic carbocycles. The predicted molar refractivity (Wildman–Crippen MR) is 82.6 cm³/mol. The molecule has 0 fully saturated rings. The zero-order valence-electron chi connectivity index (χ0n) is 11.8. The van der Waals surface area contributed by atoms with Crippen LogP contribution in [0.25, 0.3) is 0 Å². The summed E-state index contributed by atoms with van der Waals surface area (Å²) in [5.41, 5.74) is 1.02. The van der Waals surface area contributed by atoms with E-state index in [-0.39, 0.29) is 11.5 Å². The molecule has 2 rings (SSSR count). The Labute approximate surface area is 127 Å². The van der Waals surface area contributed by atoms with E-state index in [0.717, 1.165) is 0 Å². The second-order valence-electron chi connectivity index (χ2n) is 4.68. The smallest absolute Gasteiger partial charge is 0.267 e. The normalized spacial score (nSPS) is 12.0. The van der Waals surface area contributed by atoms with Gasteiger partial charge in [0.05, 0.1) is 5.69 Å². The predicted octanol–water partition coefficient (Wildman–Crippen LogP) is 2.79. The summed E-state index contributed by atoms with van der Waals surface area (Å²) >= 11 is 5.80. The largest absolute Gasteiger partial charge is 0.324 e. The molecule has 1 amide bonds. The lowest BCUT2D eigenvalue weighted by Crippen LogP contribution is -2.34. The van der Waals surface area contributed by atoms with Crippen LogP contribution >= 0.6 is 11.6 Å². The second-order valence-corrected chi connectivity index (χ2v) is 5.11. The summed E-state index contributed by atoms with van der Waals surface area (Å²) in [6.45, 7) is 3.61. The first kappa shape index (κ1) is 15.3. The highest BCUT2D eigenvalue weighted by molar-refractivity contribution is 6.30. The summed E-state index contributed by atoms with van der Waals surface area (Å²) in [6, 6.07) is 9.19. The van der Waals surface area contributed by atoms with Gasteiger partial charge in [-0.05, 0) is 43.7 Å². The lowest BCUT2D eigenvalue weighted by molar-refractivity contribution is -0.119. The van der Waals surface area contributed by atoms with Gasteiger partial charge in [-0.25, -0.2) is 4.68 Å². The Morgan fingerprint density at radius 2 is 1.95 bits per heavy atom. The molecule has 5 nitrogen and oxygen atoms in total. The van der Waals surface area contributed by atoms with Crippen molar-refractivity contribution >= 4 is 23.2 Å². The van der Waals surface area contributed by atoms with E-state index in [1.54, 1.807) is 37.3 Å². The summed E-state index contributed by atoms with van der Waals surface area (Å²) in [5.74, 6) is -0.278. The van der Waals surface area contributed by atoms with Gasteiger partial charge in [-0.3, -0.25) is 9.59 Å². The molecule has 0 spiro atoms. The Bertz CT molecular complexity index is 695. The fourth-order valence-corrected chi connectivity index (χ4v) is 2.10. The highest BCUT2D eigenvalue weighted by Gasteiger charge is 2.20. The third kappa shape index (κ3) is 3.70. The van der Waals surface area contributed by atoms with Gasteiger partial charge >= 0.3 is 0 Å². The molecule has 0 aliphatic heterocycles. The van der Waals surface area contributed by atoms with Crippen LogP contribution in [0.2, 0.25) is 5.02 Å². The number of aromatic nitrogens is 2. The van der Waals surface area contributed by atoms with Crippen LogP contribution < -0.4 is 10.9 Å². The quantitative estimate of drug-likeness (QED) is 0.944. The molecule has 6 heteroatoms. The minimum atomic E-state index is -0.645. The zero-order chi connectivity index (χ0) is 15.4. The highest BCUT2D eigenvalue weighted by atomic mass is 35.5. The van der Waals surface area contributed by atoms with E-state index in [1.165, 1.54) is 10.7 Å². The molecule has 2 aromatic rings. The number of aryl methyl sites for hydroxylation is 1. The molecule has 1 heterocycles. The van der Waals surface area contributed by atoms with Crippen molar-refractivity contribution in [2.75, 3.05) is 5.32 Å². The van der Waals surface area contributed by atoms with Gasteiger partial charge in [0.1, 0.15) is 6.04 Å². The summed E-state index contributed by atoms with van der Waals surface area (Å²) in [6.07, 6.45) is 0.468. The van der Waals surface area contributed by atoms with Crippen molar-refractivity contribution in [1.29, 1.82) is 0 Å². The number of hydrogen-bond donors (Lipinski definition) is 1. The minimum absolute atomic E-state index is 0.278. The number of benzene rings is 1. The molecule has 1 aromatic heterocycles. The highest BCUT2D eigenvalue weighted by Crippen LogP contribution is 2.16. The average Bonchev–Trinajstić information content (AvgIpc) is 2.46. The van der Waals surface area contributed by atoms with Crippen LogP contribution in [0.5, 0.6) is 0 Å². The molecule has 1 aromatic carbocycles. The fraction of sp³-hybridized carbons (Fsp3) is 0.267. The Morgan fingerprint density at radius 3 is 2.57 bits per heavy atom. The number of halogens is 1. The van der Waals surface area contributed by atoms with Gasteiger partial charge in [0.2, 0.25) is 5.91 Å². The van der Waals surface area contributed by atoms with Crippen molar-refractivity contribution in [3.05, 3.63) is 57.5 Å². The van der Waals surface area contributed by atoms with Gasteiger partial charge < -0.3 is 5.32 Å². The van der Waals surface area contributed by atoms with Crippen LogP contribution in [0, 0.1) is 6.92 Å². The number of anilines is 1. The first-order valence-electron chi connectivity index (χ1n) is 6.64. The third-order valence-corrected chi connectivity index (χ3v) is 3.31. The molecular weight excluding hydrogens is 290 g/mol. The van der Waals surface area contributed by atoms with Gasteiger partial charge in [-0.1, -0.05) is 18.5 Å². The van der Waals surface area contributed by atoms with Crippen molar-refractivity contribution in [3.8, 4) is 0 Å². The molecule has 1 N–H and O–H groups in total. The van der Waals surface area contributed by atoms with E-state index in [0.29, 0.717) is 22.8 Å². The van der Waals surface area contributed by atoms with Gasteiger partial charge in [-0.15, -0.1) is 0 Å². The Morgan fingerprint density at radius 1 is 1.29 bits per heavy atom. The lowest BCUT2D eigenvalue weighted by atomic mass is 10.2. The monoisotopic (exact) mass is 305 g/mol. The van der Waals surface area contributed by atoms with E-state index < -0.39 is 6.04 Å². The topological polar surface area (TPSA) is 64.0 Å². The molecule has 0 radical (unpaired) electrons. The first-order valence-corrected chi connectivity index (χ1v) is 7.02. The molecule has 0 aliphatic rings. The molecule has 1 atom stereocenters. The average molecular weight is 306 g/mol.